The molecule has 9 heavy (non-hydrogen) atoms. The van der Waals surface area contributed by atoms with Crippen molar-refractivity contribution < 1.29 is 41.6 Å². The number of rotatable bonds is 0. The minimum absolute atomic E-state index is 0. The fourth-order valence-corrected chi connectivity index (χ4v) is 0. The molecule has 0 aromatic heterocycles. The van der Waals surface area contributed by atoms with Gasteiger partial charge in [0.1, 0.15) is 0 Å². The summed E-state index contributed by atoms with van der Waals surface area (Å²) in [6, 6.07) is 0. The average molecular weight is 211 g/mol. The maximum atomic E-state index is 8.89. The number of carboxylic acid groups (broad SMARTS) is 1. The summed E-state index contributed by atoms with van der Waals surface area (Å²) in [4.78, 5) is 8.89. The third-order valence-corrected chi connectivity index (χ3v) is 0. The number of carbonyl (C=O) groups is 1. The van der Waals surface area contributed by atoms with Gasteiger partial charge < -0.3 is 17.5 Å². The van der Waals surface area contributed by atoms with Crippen molar-refractivity contribution in [1.82, 2.24) is 0 Å². The predicted molar refractivity (Wildman–Crippen MR) is 32.3 cm³/mol. The summed E-state index contributed by atoms with van der Waals surface area (Å²) in [6.07, 6.45) is 1.00. The number of aliphatic carboxylic acids is 1. The Morgan fingerprint density at radius 3 is 1.67 bits per heavy atom. The normalized spacial score (nSPS) is 4.67. The van der Waals surface area contributed by atoms with E-state index < -0.39 is 5.97 Å². The monoisotopic (exact) mass is 210 g/mol. The third kappa shape index (κ3) is 9330. The first kappa shape index (κ1) is 22.9. The van der Waals surface area contributed by atoms with Crippen LogP contribution in [-0.2, 0) is 31.0 Å². The molecule has 3 N–H and O–H groups in total. The Bertz CT molecular complexity index is 43.5. The van der Waals surface area contributed by atoms with Gasteiger partial charge in [0.05, 0.1) is 0 Å². The summed E-state index contributed by atoms with van der Waals surface area (Å²) in [7, 11) is 0. The first-order valence-corrected chi connectivity index (χ1v) is 1.99. The Morgan fingerprint density at radius 2 is 1.67 bits per heavy atom. The van der Waals surface area contributed by atoms with Crippen molar-refractivity contribution in [3.8, 4) is 0 Å². The van der Waals surface area contributed by atoms with Crippen LogP contribution in [-0.4, -0.2) is 16.6 Å². The van der Waals surface area contributed by atoms with Crippen LogP contribution in [0.2, 0.25) is 0 Å². The fourth-order valence-electron chi connectivity index (χ4n) is 0. The van der Waals surface area contributed by atoms with E-state index in [1.54, 1.807) is 0 Å². The molecule has 0 saturated heterocycles. The largest absolute Gasteiger partial charge is 2.00 e. The van der Waals surface area contributed by atoms with Crippen molar-refractivity contribution in [1.29, 1.82) is 0 Å². The van der Waals surface area contributed by atoms with Crippen LogP contribution < -0.4 is 0 Å². The Balaban J connectivity index is -0.0000000233. The average Bonchev–Trinajstić information content (AvgIpc) is 1.33. The van der Waals surface area contributed by atoms with Gasteiger partial charge in [-0.2, -0.15) is 6.42 Å². The van der Waals surface area contributed by atoms with Crippen LogP contribution in [0.15, 0.2) is 0 Å². The molecule has 0 saturated carbocycles. The van der Waals surface area contributed by atoms with Crippen LogP contribution in [0.5, 0.6) is 0 Å². The molecule has 0 amide bonds. The van der Waals surface area contributed by atoms with E-state index in [9.17, 15) is 0 Å². The Hall–Kier alpha value is 0.183. The molecule has 0 aliphatic heterocycles. The van der Waals surface area contributed by atoms with Crippen LogP contribution in [0.1, 0.15) is 13.3 Å². The molecule has 0 aliphatic carbocycles. The molecule has 0 aromatic rings. The van der Waals surface area contributed by atoms with Gasteiger partial charge in [0, 0.05) is 0 Å². The van der Waals surface area contributed by atoms with E-state index in [-0.39, 0.29) is 31.7 Å². The van der Waals surface area contributed by atoms with Crippen molar-refractivity contribution in [3.05, 3.63) is 13.8 Å². The van der Waals surface area contributed by atoms with Crippen molar-refractivity contribution in [3.63, 3.8) is 0 Å². The molecule has 0 spiro atoms. The van der Waals surface area contributed by atoms with Gasteiger partial charge in [-0.25, -0.2) is 0 Å². The van der Waals surface area contributed by atoms with Gasteiger partial charge in [0.2, 0.25) is 0 Å². The zero-order chi connectivity index (χ0) is 6.28. The first-order chi connectivity index (χ1) is 3.15. The molecule has 0 fully saturated rings. The molecule has 0 radical (unpaired) electrons. The number of hydrogen-bond acceptors (Lipinski definition) is 1. The van der Waals surface area contributed by atoms with E-state index in [1.807, 2.05) is 6.92 Å². The van der Waals surface area contributed by atoms with E-state index in [0.29, 0.717) is 0 Å². The molecule has 0 bridgehead atoms. The topological polar surface area (TPSA) is 68.8 Å². The Morgan fingerprint density at radius 1 is 1.67 bits per heavy atom. The van der Waals surface area contributed by atoms with E-state index in [2.05, 4.69) is 13.8 Å². The zero-order valence-corrected chi connectivity index (χ0v) is 7.93. The van der Waals surface area contributed by atoms with Gasteiger partial charge in [-0.15, -0.1) is 0 Å². The van der Waals surface area contributed by atoms with Gasteiger partial charge in [0.25, 0.3) is 0 Å². The third-order valence-electron chi connectivity index (χ3n) is 0. The van der Waals surface area contributed by atoms with E-state index in [4.69, 9.17) is 9.90 Å². The van der Waals surface area contributed by atoms with Crippen molar-refractivity contribution in [2.45, 2.75) is 13.3 Å². The summed E-state index contributed by atoms with van der Waals surface area (Å²) in [5.74, 6) is -1.08. The van der Waals surface area contributed by atoms with E-state index in [0.717, 1.165) is 6.42 Å². The molecule has 0 atom stereocenters. The van der Waals surface area contributed by atoms with Gasteiger partial charge in [0.15, 0.2) is 5.97 Å². The second-order valence-corrected chi connectivity index (χ2v) is 0.894. The molecule has 0 rings (SSSR count). The molecule has 0 heterocycles. The standard InChI is InChI=1S/C3H7.C2H3O2.H2O.Zr/c1-3-2;1-2(3)4;;/h1,3H2,2H3;1H2,(H,3,4);1H2;/q2*-1;;+2. The maximum Gasteiger partial charge on any atom is 2.00 e. The van der Waals surface area contributed by atoms with Crippen molar-refractivity contribution >= 4 is 5.97 Å². The molecular formula is C5H12O3Zr. The summed E-state index contributed by atoms with van der Waals surface area (Å²) >= 11 is 0. The quantitative estimate of drug-likeness (QED) is 0.586. The molecule has 3 nitrogen and oxygen atoms in total. The number of carboxylic acids is 1. The van der Waals surface area contributed by atoms with Crippen molar-refractivity contribution in [2.24, 2.45) is 0 Å². The van der Waals surface area contributed by atoms with Gasteiger partial charge in [-0.05, 0) is 0 Å². The second kappa shape index (κ2) is 24.1. The smallest absolute Gasteiger partial charge is 0.503 e. The molecule has 0 aliphatic rings. The van der Waals surface area contributed by atoms with Crippen LogP contribution >= 0.6 is 0 Å². The van der Waals surface area contributed by atoms with Crippen LogP contribution in [0.25, 0.3) is 0 Å². The summed E-state index contributed by atoms with van der Waals surface area (Å²) in [5, 5.41) is 7.31. The SMILES string of the molecule is O.[CH2-]C(=O)O.[CH2-]CC.[Zr+2]. The molecule has 4 heteroatoms. The Labute approximate surface area is 74.9 Å². The van der Waals surface area contributed by atoms with Gasteiger partial charge in [-0.3, -0.25) is 11.7 Å². The van der Waals surface area contributed by atoms with Crippen LogP contribution in [0, 0.1) is 13.8 Å². The van der Waals surface area contributed by atoms with E-state index >= 15 is 0 Å². The van der Waals surface area contributed by atoms with E-state index in [1.165, 1.54) is 0 Å². The molecule has 0 unspecified atom stereocenters. The fraction of sp³-hybridized carbons (Fsp3) is 0.400. The Kier molecular flexibility index (Phi) is 61.4. The minimum atomic E-state index is -1.08. The number of hydrogen-bond donors (Lipinski definition) is 1. The predicted octanol–water partition coefficient (Wildman–Crippen LogP) is 0.308. The zero-order valence-electron chi connectivity index (χ0n) is 5.48. The summed E-state index contributed by atoms with van der Waals surface area (Å²) in [6.45, 7) is 8.06. The minimum Gasteiger partial charge on any atom is -0.503 e. The summed E-state index contributed by atoms with van der Waals surface area (Å²) in [5.41, 5.74) is 0. The molecule has 0 aromatic carbocycles. The van der Waals surface area contributed by atoms with Crippen molar-refractivity contribution in [2.75, 3.05) is 0 Å². The second-order valence-electron chi connectivity index (χ2n) is 0.894. The van der Waals surface area contributed by atoms with Crippen LogP contribution in [0.4, 0.5) is 0 Å². The van der Waals surface area contributed by atoms with Crippen LogP contribution in [0.3, 0.4) is 0 Å². The van der Waals surface area contributed by atoms with Gasteiger partial charge >= 0.3 is 26.2 Å². The first-order valence-electron chi connectivity index (χ1n) is 1.99. The molecule has 54 valence electrons. The summed E-state index contributed by atoms with van der Waals surface area (Å²) < 4.78 is 0. The maximum absolute atomic E-state index is 8.89. The molecular weight excluding hydrogens is 199 g/mol. The van der Waals surface area contributed by atoms with Gasteiger partial charge in [-0.1, -0.05) is 6.92 Å².